The van der Waals surface area contributed by atoms with Crippen molar-refractivity contribution in [1.29, 1.82) is 0 Å². The average molecular weight is 452 g/mol. The summed E-state index contributed by atoms with van der Waals surface area (Å²) in [6, 6.07) is 18.3. The number of nitrogens with zero attached hydrogens (tertiary/aromatic N) is 1. The lowest BCUT2D eigenvalue weighted by molar-refractivity contribution is 0.0951. The van der Waals surface area contributed by atoms with Gasteiger partial charge in [0.05, 0.1) is 10.5 Å². The Morgan fingerprint density at radius 3 is 2.12 bits per heavy atom. The van der Waals surface area contributed by atoms with E-state index in [-0.39, 0.29) is 10.8 Å². The molecule has 1 amide bonds. The fraction of sp³-hybridized carbons (Fsp3) is 0.240. The molecule has 0 radical (unpaired) electrons. The minimum absolute atomic E-state index is 0.259. The van der Waals surface area contributed by atoms with Crippen molar-refractivity contribution in [2.75, 3.05) is 23.7 Å². The zero-order valence-electron chi connectivity index (χ0n) is 19.1. The third-order valence-corrected chi connectivity index (χ3v) is 6.83. The number of carbonyl (C=O) groups excluding carboxylic acids is 1. The van der Waals surface area contributed by atoms with E-state index in [2.05, 4.69) is 10.0 Å². The first-order valence-corrected chi connectivity index (χ1v) is 11.8. The van der Waals surface area contributed by atoms with Gasteiger partial charge in [-0.25, -0.2) is 8.42 Å². The Balaban J connectivity index is 1.91. The maximum absolute atomic E-state index is 13.1. The maximum atomic E-state index is 13.1. The first-order valence-electron chi connectivity index (χ1n) is 10.3. The van der Waals surface area contributed by atoms with Gasteiger partial charge in [-0.05, 0) is 55.7 Å². The molecule has 7 heteroatoms. The predicted molar refractivity (Wildman–Crippen MR) is 130 cm³/mol. The maximum Gasteiger partial charge on any atom is 0.262 e. The van der Waals surface area contributed by atoms with Crippen LogP contribution in [0.4, 0.5) is 11.4 Å². The van der Waals surface area contributed by atoms with Crippen molar-refractivity contribution in [3.8, 4) is 0 Å². The second-order valence-electron chi connectivity index (χ2n) is 8.13. The first-order chi connectivity index (χ1) is 15.1. The van der Waals surface area contributed by atoms with E-state index < -0.39 is 10.0 Å². The molecule has 3 rings (SSSR count). The predicted octanol–water partition coefficient (Wildman–Crippen LogP) is 4.41. The summed E-state index contributed by atoms with van der Waals surface area (Å²) in [4.78, 5) is 15.0. The topological polar surface area (TPSA) is 78.5 Å². The molecule has 0 atom stereocenters. The Morgan fingerprint density at radius 1 is 0.906 bits per heavy atom. The van der Waals surface area contributed by atoms with Gasteiger partial charge in [0, 0.05) is 32.0 Å². The number of hydrogen-bond acceptors (Lipinski definition) is 4. The SMILES string of the molecule is Cc1cc(C)c(S(=O)(=O)Nc2ccc(N(C)C)c(C(=O)NCc3ccccc3)c2)c(C)c1. The van der Waals surface area contributed by atoms with Gasteiger partial charge in [0.15, 0.2) is 0 Å². The number of carbonyl (C=O) groups is 1. The summed E-state index contributed by atoms with van der Waals surface area (Å²) in [5.74, 6) is -0.277. The van der Waals surface area contributed by atoms with Crippen molar-refractivity contribution in [3.63, 3.8) is 0 Å². The van der Waals surface area contributed by atoms with E-state index >= 15 is 0 Å². The molecule has 0 heterocycles. The molecule has 168 valence electrons. The molecule has 32 heavy (non-hydrogen) atoms. The van der Waals surface area contributed by atoms with Gasteiger partial charge in [-0.1, -0.05) is 48.0 Å². The van der Waals surface area contributed by atoms with E-state index in [1.54, 1.807) is 32.0 Å². The quantitative estimate of drug-likeness (QED) is 0.558. The molecule has 2 N–H and O–H groups in total. The van der Waals surface area contributed by atoms with E-state index in [1.165, 1.54) is 0 Å². The molecule has 0 aromatic heterocycles. The van der Waals surface area contributed by atoms with Gasteiger partial charge in [0.2, 0.25) is 0 Å². The van der Waals surface area contributed by atoms with Crippen molar-refractivity contribution in [1.82, 2.24) is 5.32 Å². The highest BCUT2D eigenvalue weighted by molar-refractivity contribution is 7.92. The Hall–Kier alpha value is -3.32. The lowest BCUT2D eigenvalue weighted by Gasteiger charge is -2.19. The fourth-order valence-electron chi connectivity index (χ4n) is 3.84. The molecule has 0 bridgehead atoms. The monoisotopic (exact) mass is 451 g/mol. The van der Waals surface area contributed by atoms with E-state index in [0.717, 1.165) is 11.1 Å². The zero-order chi connectivity index (χ0) is 23.5. The van der Waals surface area contributed by atoms with Crippen LogP contribution in [0.25, 0.3) is 0 Å². The van der Waals surface area contributed by atoms with Gasteiger partial charge in [-0.15, -0.1) is 0 Å². The lowest BCUT2D eigenvalue weighted by atomic mass is 10.1. The number of rotatable bonds is 7. The zero-order valence-corrected chi connectivity index (χ0v) is 19.9. The number of aryl methyl sites for hydroxylation is 3. The van der Waals surface area contributed by atoms with Crippen LogP contribution in [0, 0.1) is 20.8 Å². The van der Waals surface area contributed by atoms with Gasteiger partial charge in [0.25, 0.3) is 15.9 Å². The Labute approximate surface area is 190 Å². The highest BCUT2D eigenvalue weighted by Crippen LogP contribution is 2.27. The third-order valence-electron chi connectivity index (χ3n) is 5.14. The number of sulfonamides is 1. The summed E-state index contributed by atoms with van der Waals surface area (Å²) < 4.78 is 28.9. The molecule has 0 fully saturated rings. The second kappa shape index (κ2) is 9.44. The van der Waals surface area contributed by atoms with Crippen LogP contribution in [-0.4, -0.2) is 28.4 Å². The summed E-state index contributed by atoms with van der Waals surface area (Å²) in [6.45, 7) is 5.88. The Bertz CT molecular complexity index is 1210. The molecule has 0 aliphatic heterocycles. The molecule has 0 aliphatic rings. The standard InChI is InChI=1S/C25H29N3O3S/c1-17-13-18(2)24(19(3)14-17)32(30,31)27-21-11-12-23(28(4)5)22(15-21)25(29)26-16-20-9-7-6-8-10-20/h6-15,27H,16H2,1-5H3,(H,26,29). The minimum Gasteiger partial charge on any atom is -0.377 e. The normalized spacial score (nSPS) is 11.2. The first kappa shape index (κ1) is 23.3. The van der Waals surface area contributed by atoms with Gasteiger partial charge in [-0.2, -0.15) is 0 Å². The molecular formula is C25H29N3O3S. The second-order valence-corrected chi connectivity index (χ2v) is 9.75. The van der Waals surface area contributed by atoms with E-state index in [9.17, 15) is 13.2 Å². The summed E-state index contributed by atoms with van der Waals surface area (Å²) in [7, 11) is -0.139. The van der Waals surface area contributed by atoms with Gasteiger partial charge in [-0.3, -0.25) is 9.52 Å². The number of benzene rings is 3. The Morgan fingerprint density at radius 2 is 1.53 bits per heavy atom. The number of nitrogens with one attached hydrogen (secondary N) is 2. The number of hydrogen-bond donors (Lipinski definition) is 2. The minimum atomic E-state index is -3.82. The molecular weight excluding hydrogens is 422 g/mol. The van der Waals surface area contributed by atoms with E-state index in [0.29, 0.717) is 34.6 Å². The largest absolute Gasteiger partial charge is 0.377 e. The summed E-state index contributed by atoms with van der Waals surface area (Å²) >= 11 is 0. The van der Waals surface area contributed by atoms with E-state index in [4.69, 9.17) is 0 Å². The third kappa shape index (κ3) is 5.29. The summed E-state index contributed by atoms with van der Waals surface area (Å²) in [6.07, 6.45) is 0. The van der Waals surface area contributed by atoms with Crippen molar-refractivity contribution >= 4 is 27.3 Å². The molecule has 0 saturated heterocycles. The van der Waals surface area contributed by atoms with Crippen molar-refractivity contribution in [2.24, 2.45) is 0 Å². The highest BCUT2D eigenvalue weighted by atomic mass is 32.2. The Kier molecular flexibility index (Phi) is 6.89. The van der Waals surface area contributed by atoms with Crippen LogP contribution < -0.4 is 14.9 Å². The molecule has 0 spiro atoms. The van der Waals surface area contributed by atoms with Crippen LogP contribution in [0.5, 0.6) is 0 Å². The van der Waals surface area contributed by atoms with Crippen LogP contribution in [0.1, 0.15) is 32.6 Å². The molecule has 3 aromatic carbocycles. The average Bonchev–Trinajstić information content (AvgIpc) is 2.71. The number of amides is 1. The molecule has 3 aromatic rings. The smallest absolute Gasteiger partial charge is 0.262 e. The lowest BCUT2D eigenvalue weighted by Crippen LogP contribution is -2.26. The molecule has 0 saturated carbocycles. The summed E-state index contributed by atoms with van der Waals surface area (Å²) in [5.41, 5.74) is 4.77. The van der Waals surface area contributed by atoms with Crippen LogP contribution in [0.2, 0.25) is 0 Å². The number of anilines is 2. The van der Waals surface area contributed by atoms with Crippen LogP contribution in [0.3, 0.4) is 0 Å². The molecule has 6 nitrogen and oxygen atoms in total. The van der Waals surface area contributed by atoms with Crippen molar-refractivity contribution in [2.45, 2.75) is 32.2 Å². The highest BCUT2D eigenvalue weighted by Gasteiger charge is 2.21. The van der Waals surface area contributed by atoms with Crippen molar-refractivity contribution in [3.05, 3.63) is 88.5 Å². The molecule has 0 aliphatic carbocycles. The van der Waals surface area contributed by atoms with Crippen LogP contribution >= 0.6 is 0 Å². The van der Waals surface area contributed by atoms with Crippen LogP contribution in [-0.2, 0) is 16.6 Å². The van der Waals surface area contributed by atoms with Crippen LogP contribution in [0.15, 0.2) is 65.6 Å². The van der Waals surface area contributed by atoms with Crippen molar-refractivity contribution < 1.29 is 13.2 Å². The van der Waals surface area contributed by atoms with Gasteiger partial charge >= 0.3 is 0 Å². The summed E-state index contributed by atoms with van der Waals surface area (Å²) in [5, 5.41) is 2.91. The van der Waals surface area contributed by atoms with Gasteiger partial charge in [0.1, 0.15) is 0 Å². The molecule has 0 unspecified atom stereocenters. The fourth-order valence-corrected chi connectivity index (χ4v) is 5.35. The van der Waals surface area contributed by atoms with Gasteiger partial charge < -0.3 is 10.2 Å². The van der Waals surface area contributed by atoms with E-state index in [1.807, 2.05) is 68.4 Å².